The highest BCUT2D eigenvalue weighted by Crippen LogP contribution is 2.28. The number of ether oxygens (including phenoxy) is 2. The minimum atomic E-state index is -0.203. The molecule has 2 amide bonds. The Bertz CT molecular complexity index is 716. The Kier molecular flexibility index (Phi) is 7.36. The Morgan fingerprint density at radius 1 is 1.07 bits per heavy atom. The zero-order valence-electron chi connectivity index (χ0n) is 17.9. The molecular weight excluding hydrogens is 370 g/mol. The summed E-state index contributed by atoms with van der Waals surface area (Å²) in [7, 11) is 3.23. The van der Waals surface area contributed by atoms with E-state index >= 15 is 0 Å². The summed E-state index contributed by atoms with van der Waals surface area (Å²) in [4.78, 5) is 31.5. The first-order valence-electron chi connectivity index (χ1n) is 10.6. The predicted molar refractivity (Wildman–Crippen MR) is 111 cm³/mol. The van der Waals surface area contributed by atoms with Crippen molar-refractivity contribution in [2.45, 2.75) is 26.2 Å². The van der Waals surface area contributed by atoms with E-state index in [9.17, 15) is 9.59 Å². The first-order chi connectivity index (χ1) is 14.0. The van der Waals surface area contributed by atoms with Gasteiger partial charge in [-0.2, -0.15) is 0 Å². The Hall–Kier alpha value is -2.28. The molecule has 0 bridgehead atoms. The monoisotopic (exact) mass is 403 g/mol. The van der Waals surface area contributed by atoms with Crippen LogP contribution in [0.4, 0.5) is 0 Å². The second kappa shape index (κ2) is 9.96. The number of carbonyl (C=O) groups excluding carboxylic acids is 2. The third kappa shape index (κ3) is 5.21. The SMILES string of the molecule is CCCN1CCN(C(=O)C2CC(=O)N(CCc3ccc(OC)c(OC)c3)C2)CC1. The first kappa shape index (κ1) is 21.4. The van der Waals surface area contributed by atoms with Gasteiger partial charge >= 0.3 is 0 Å². The molecule has 0 N–H and O–H groups in total. The van der Waals surface area contributed by atoms with Crippen molar-refractivity contribution >= 4 is 11.8 Å². The second-order valence-corrected chi connectivity index (χ2v) is 7.85. The van der Waals surface area contributed by atoms with Crippen LogP contribution in [0.25, 0.3) is 0 Å². The maximum atomic E-state index is 12.9. The van der Waals surface area contributed by atoms with Crippen LogP contribution in [0.5, 0.6) is 11.5 Å². The van der Waals surface area contributed by atoms with Crippen LogP contribution >= 0.6 is 0 Å². The second-order valence-electron chi connectivity index (χ2n) is 7.85. The van der Waals surface area contributed by atoms with Crippen LogP contribution in [0.2, 0.25) is 0 Å². The van der Waals surface area contributed by atoms with Gasteiger partial charge in [-0.25, -0.2) is 0 Å². The van der Waals surface area contributed by atoms with Crippen LogP contribution in [0, 0.1) is 5.92 Å². The first-order valence-corrected chi connectivity index (χ1v) is 10.6. The Balaban J connectivity index is 1.51. The fourth-order valence-electron chi connectivity index (χ4n) is 4.22. The fourth-order valence-corrected chi connectivity index (χ4v) is 4.22. The summed E-state index contributed by atoms with van der Waals surface area (Å²) in [6.07, 6.45) is 2.20. The molecule has 2 heterocycles. The van der Waals surface area contributed by atoms with Gasteiger partial charge in [0.15, 0.2) is 11.5 Å². The number of carbonyl (C=O) groups is 2. The third-order valence-electron chi connectivity index (χ3n) is 5.91. The van der Waals surface area contributed by atoms with Gasteiger partial charge in [0.05, 0.1) is 20.1 Å². The van der Waals surface area contributed by atoms with Crippen molar-refractivity contribution in [3.05, 3.63) is 23.8 Å². The van der Waals surface area contributed by atoms with Gasteiger partial charge in [0.25, 0.3) is 0 Å². The normalized spacial score (nSPS) is 20.2. The van der Waals surface area contributed by atoms with Gasteiger partial charge in [-0.05, 0) is 37.1 Å². The van der Waals surface area contributed by atoms with Gasteiger partial charge in [0, 0.05) is 45.7 Å². The molecule has 3 rings (SSSR count). The van der Waals surface area contributed by atoms with Gasteiger partial charge in [0.2, 0.25) is 11.8 Å². The molecule has 2 fully saturated rings. The molecule has 2 aliphatic heterocycles. The van der Waals surface area contributed by atoms with E-state index in [0.29, 0.717) is 31.0 Å². The van der Waals surface area contributed by atoms with E-state index in [4.69, 9.17) is 9.47 Å². The summed E-state index contributed by atoms with van der Waals surface area (Å²) >= 11 is 0. The molecule has 160 valence electrons. The number of amides is 2. The van der Waals surface area contributed by atoms with Crippen LogP contribution in [0.3, 0.4) is 0 Å². The molecule has 7 heteroatoms. The van der Waals surface area contributed by atoms with E-state index in [-0.39, 0.29) is 17.7 Å². The summed E-state index contributed by atoms with van der Waals surface area (Å²) < 4.78 is 10.6. The highest BCUT2D eigenvalue weighted by atomic mass is 16.5. The lowest BCUT2D eigenvalue weighted by Crippen LogP contribution is -2.50. The Morgan fingerprint density at radius 2 is 1.79 bits per heavy atom. The highest BCUT2D eigenvalue weighted by molar-refractivity contribution is 5.89. The number of likely N-dealkylation sites (tertiary alicyclic amines) is 1. The molecular formula is C22H33N3O4. The molecule has 0 saturated carbocycles. The van der Waals surface area contributed by atoms with E-state index in [1.165, 1.54) is 0 Å². The fraction of sp³-hybridized carbons (Fsp3) is 0.636. The summed E-state index contributed by atoms with van der Waals surface area (Å²) in [5, 5.41) is 0. The van der Waals surface area contributed by atoms with Crippen LogP contribution in [-0.4, -0.2) is 86.5 Å². The number of nitrogens with zero attached hydrogens (tertiary/aromatic N) is 3. The number of hydrogen-bond acceptors (Lipinski definition) is 5. The lowest BCUT2D eigenvalue weighted by atomic mass is 10.1. The Morgan fingerprint density at radius 3 is 2.45 bits per heavy atom. The average molecular weight is 404 g/mol. The lowest BCUT2D eigenvalue weighted by molar-refractivity contribution is -0.137. The molecule has 1 unspecified atom stereocenters. The molecule has 0 aliphatic carbocycles. The van der Waals surface area contributed by atoms with Crippen molar-refractivity contribution in [2.75, 3.05) is 60.0 Å². The quantitative estimate of drug-likeness (QED) is 0.661. The maximum absolute atomic E-state index is 12.9. The predicted octanol–water partition coefficient (Wildman–Crippen LogP) is 1.65. The third-order valence-corrected chi connectivity index (χ3v) is 5.91. The van der Waals surface area contributed by atoms with Gasteiger partial charge in [-0.15, -0.1) is 0 Å². The summed E-state index contributed by atoms with van der Waals surface area (Å²) in [6, 6.07) is 5.81. The van der Waals surface area contributed by atoms with Gasteiger partial charge in [0.1, 0.15) is 0 Å². The van der Waals surface area contributed by atoms with Crippen LogP contribution in [-0.2, 0) is 16.0 Å². The minimum Gasteiger partial charge on any atom is -0.493 e. The molecule has 1 aromatic carbocycles. The molecule has 0 spiro atoms. The van der Waals surface area contributed by atoms with Gasteiger partial charge < -0.3 is 19.3 Å². The van der Waals surface area contributed by atoms with Crippen molar-refractivity contribution in [2.24, 2.45) is 5.92 Å². The molecule has 7 nitrogen and oxygen atoms in total. The van der Waals surface area contributed by atoms with Gasteiger partial charge in [-0.1, -0.05) is 13.0 Å². The van der Waals surface area contributed by atoms with Gasteiger partial charge in [-0.3, -0.25) is 14.5 Å². The van der Waals surface area contributed by atoms with E-state index in [1.807, 2.05) is 28.0 Å². The van der Waals surface area contributed by atoms with Crippen molar-refractivity contribution in [1.29, 1.82) is 0 Å². The number of benzene rings is 1. The van der Waals surface area contributed by atoms with Crippen molar-refractivity contribution < 1.29 is 19.1 Å². The zero-order chi connectivity index (χ0) is 20.8. The minimum absolute atomic E-state index is 0.0773. The summed E-state index contributed by atoms with van der Waals surface area (Å²) in [5.41, 5.74) is 1.08. The van der Waals surface area contributed by atoms with Crippen molar-refractivity contribution in [3.8, 4) is 11.5 Å². The van der Waals surface area contributed by atoms with Crippen LogP contribution < -0.4 is 9.47 Å². The number of hydrogen-bond donors (Lipinski definition) is 0. The molecule has 0 radical (unpaired) electrons. The zero-order valence-corrected chi connectivity index (χ0v) is 17.9. The maximum Gasteiger partial charge on any atom is 0.228 e. The number of rotatable bonds is 8. The van der Waals surface area contributed by atoms with E-state index in [0.717, 1.165) is 51.1 Å². The van der Waals surface area contributed by atoms with Crippen LogP contribution in [0.15, 0.2) is 18.2 Å². The summed E-state index contributed by atoms with van der Waals surface area (Å²) in [5.74, 6) is 1.40. The van der Waals surface area contributed by atoms with E-state index in [2.05, 4.69) is 11.8 Å². The topological polar surface area (TPSA) is 62.3 Å². The summed E-state index contributed by atoms with van der Waals surface area (Å²) in [6.45, 7) is 7.82. The van der Waals surface area contributed by atoms with Crippen LogP contribution in [0.1, 0.15) is 25.3 Å². The number of piperazine rings is 1. The van der Waals surface area contributed by atoms with E-state index in [1.54, 1.807) is 14.2 Å². The van der Waals surface area contributed by atoms with E-state index < -0.39 is 0 Å². The molecule has 1 aromatic rings. The number of methoxy groups -OCH3 is 2. The van der Waals surface area contributed by atoms with Crippen molar-refractivity contribution in [1.82, 2.24) is 14.7 Å². The Labute approximate surface area is 173 Å². The standard InChI is InChI=1S/C22H33N3O4/c1-4-8-23-10-12-24(13-11-23)22(27)18-15-21(26)25(16-18)9-7-17-5-6-19(28-2)20(14-17)29-3/h5-6,14,18H,4,7-13,15-16H2,1-3H3. The van der Waals surface area contributed by atoms with Crippen molar-refractivity contribution in [3.63, 3.8) is 0 Å². The largest absolute Gasteiger partial charge is 0.493 e. The molecule has 1 atom stereocenters. The highest BCUT2D eigenvalue weighted by Gasteiger charge is 2.37. The molecule has 2 saturated heterocycles. The average Bonchev–Trinajstić information content (AvgIpc) is 3.12. The molecule has 0 aromatic heterocycles. The molecule has 29 heavy (non-hydrogen) atoms. The lowest BCUT2D eigenvalue weighted by Gasteiger charge is -2.35. The smallest absolute Gasteiger partial charge is 0.228 e. The molecule has 2 aliphatic rings.